The van der Waals surface area contributed by atoms with Crippen LogP contribution >= 0.6 is 0 Å². The first-order chi connectivity index (χ1) is 11.6. The van der Waals surface area contributed by atoms with E-state index in [1.54, 1.807) is 41.4 Å². The molecule has 0 aromatic carbocycles. The number of likely N-dealkylation sites (N-methyl/N-ethyl adjacent to an activating group) is 1. The number of rotatable bonds is 3. The van der Waals surface area contributed by atoms with E-state index in [0.29, 0.717) is 31.5 Å². The van der Waals surface area contributed by atoms with Gasteiger partial charge in [-0.3, -0.25) is 19.4 Å². The van der Waals surface area contributed by atoms with Gasteiger partial charge in [-0.25, -0.2) is 0 Å². The number of likely N-dealkylation sites (tertiary alicyclic amines) is 2. The third-order valence-corrected chi connectivity index (χ3v) is 5.01. The lowest BCUT2D eigenvalue weighted by molar-refractivity contribution is -0.138. The molecule has 2 aliphatic heterocycles. The summed E-state index contributed by atoms with van der Waals surface area (Å²) >= 11 is 0. The molecule has 7 heteroatoms. The summed E-state index contributed by atoms with van der Waals surface area (Å²) in [6.07, 6.45) is 5.97. The average molecular weight is 330 g/mol. The molecule has 3 amide bonds. The van der Waals surface area contributed by atoms with Crippen LogP contribution in [-0.2, 0) is 9.59 Å². The summed E-state index contributed by atoms with van der Waals surface area (Å²) in [5.74, 6) is -0.254. The number of amides is 3. The number of nitrogens with zero attached hydrogens (tertiary/aromatic N) is 3. The molecule has 0 saturated carbocycles. The molecule has 1 spiro atoms. The Morgan fingerprint density at radius 1 is 1.38 bits per heavy atom. The van der Waals surface area contributed by atoms with Gasteiger partial charge >= 0.3 is 0 Å². The van der Waals surface area contributed by atoms with Crippen LogP contribution in [0.15, 0.2) is 24.5 Å². The molecular weight excluding hydrogens is 308 g/mol. The van der Waals surface area contributed by atoms with Gasteiger partial charge in [-0.2, -0.15) is 0 Å². The van der Waals surface area contributed by atoms with Crippen LogP contribution in [0.3, 0.4) is 0 Å². The Morgan fingerprint density at radius 3 is 2.92 bits per heavy atom. The van der Waals surface area contributed by atoms with E-state index in [2.05, 4.69) is 10.3 Å². The van der Waals surface area contributed by atoms with E-state index in [9.17, 15) is 14.4 Å². The van der Waals surface area contributed by atoms with Gasteiger partial charge in [0.25, 0.3) is 5.91 Å². The van der Waals surface area contributed by atoms with Crippen molar-refractivity contribution >= 4 is 17.7 Å². The van der Waals surface area contributed by atoms with Gasteiger partial charge in [0.05, 0.1) is 11.1 Å². The fourth-order valence-corrected chi connectivity index (χ4v) is 3.73. The van der Waals surface area contributed by atoms with Gasteiger partial charge in [-0.15, -0.1) is 0 Å². The molecule has 3 heterocycles. The highest BCUT2D eigenvalue weighted by Crippen LogP contribution is 2.38. The summed E-state index contributed by atoms with van der Waals surface area (Å²) in [7, 11) is 1.56. The van der Waals surface area contributed by atoms with E-state index < -0.39 is 5.54 Å². The molecule has 7 nitrogen and oxygen atoms in total. The summed E-state index contributed by atoms with van der Waals surface area (Å²) in [6.45, 7) is 1.20. The van der Waals surface area contributed by atoms with Crippen LogP contribution in [0.25, 0.3) is 0 Å². The Balaban J connectivity index is 1.79. The number of aromatic nitrogens is 1. The van der Waals surface area contributed by atoms with Gasteiger partial charge in [-0.1, -0.05) is 0 Å². The lowest BCUT2D eigenvalue weighted by atomic mass is 9.86. The Hall–Kier alpha value is -2.44. The first kappa shape index (κ1) is 16.4. The van der Waals surface area contributed by atoms with Crippen LogP contribution in [0.5, 0.6) is 0 Å². The molecule has 128 valence electrons. The highest BCUT2D eigenvalue weighted by molar-refractivity contribution is 5.94. The van der Waals surface area contributed by atoms with E-state index in [4.69, 9.17) is 0 Å². The van der Waals surface area contributed by atoms with Crippen molar-refractivity contribution in [1.82, 2.24) is 20.1 Å². The number of carbonyl (C=O) groups is 3. The predicted molar refractivity (Wildman–Crippen MR) is 87.1 cm³/mol. The van der Waals surface area contributed by atoms with Crippen LogP contribution in [0.4, 0.5) is 0 Å². The fraction of sp³-hybridized carbons (Fsp3) is 0.529. The van der Waals surface area contributed by atoms with Gasteiger partial charge in [-0.05, 0) is 31.4 Å². The number of pyridine rings is 1. The van der Waals surface area contributed by atoms with E-state index in [1.807, 2.05) is 0 Å². The standard InChI is InChI=1S/C17H22N4O3/c1-18-14(22)11-21-15(23)5-7-17(21)6-3-9-20(12-17)16(24)13-4-2-8-19-10-13/h2,4,8,10H,3,5-7,9,11-12H2,1H3,(H,18,22). The van der Waals surface area contributed by atoms with Crippen molar-refractivity contribution < 1.29 is 14.4 Å². The Labute approximate surface area is 141 Å². The number of hydrogen-bond donors (Lipinski definition) is 1. The third-order valence-electron chi connectivity index (χ3n) is 5.01. The van der Waals surface area contributed by atoms with Crippen molar-refractivity contribution in [2.75, 3.05) is 26.7 Å². The summed E-state index contributed by atoms with van der Waals surface area (Å²) in [4.78, 5) is 44.2. The monoisotopic (exact) mass is 330 g/mol. The SMILES string of the molecule is CNC(=O)CN1C(=O)CCC12CCCN(C(=O)c1cccnc1)C2. The zero-order chi connectivity index (χ0) is 17.2. The summed E-state index contributed by atoms with van der Waals surface area (Å²) < 4.78 is 0. The van der Waals surface area contributed by atoms with Crippen LogP contribution in [0.2, 0.25) is 0 Å². The van der Waals surface area contributed by atoms with Crippen molar-refractivity contribution in [3.05, 3.63) is 30.1 Å². The molecule has 0 bridgehead atoms. The first-order valence-corrected chi connectivity index (χ1v) is 8.26. The third kappa shape index (κ3) is 2.98. The zero-order valence-corrected chi connectivity index (χ0v) is 13.8. The van der Waals surface area contributed by atoms with E-state index >= 15 is 0 Å². The fourth-order valence-electron chi connectivity index (χ4n) is 3.73. The largest absolute Gasteiger partial charge is 0.358 e. The number of nitrogens with one attached hydrogen (secondary N) is 1. The first-order valence-electron chi connectivity index (χ1n) is 8.26. The van der Waals surface area contributed by atoms with Gasteiger partial charge < -0.3 is 15.1 Å². The molecule has 2 saturated heterocycles. The topological polar surface area (TPSA) is 82.6 Å². The second-order valence-electron chi connectivity index (χ2n) is 6.45. The van der Waals surface area contributed by atoms with Crippen molar-refractivity contribution in [1.29, 1.82) is 0 Å². The second-order valence-corrected chi connectivity index (χ2v) is 6.45. The highest BCUT2D eigenvalue weighted by atomic mass is 16.2. The molecule has 1 atom stereocenters. The lowest BCUT2D eigenvalue weighted by Gasteiger charge is -2.45. The molecule has 0 radical (unpaired) electrons. The minimum atomic E-state index is -0.417. The van der Waals surface area contributed by atoms with E-state index in [1.165, 1.54) is 0 Å². The van der Waals surface area contributed by atoms with Crippen molar-refractivity contribution in [2.45, 2.75) is 31.2 Å². The molecule has 1 N–H and O–H groups in total. The average Bonchev–Trinajstić information content (AvgIpc) is 2.91. The van der Waals surface area contributed by atoms with Gasteiger partial charge in [0.1, 0.15) is 6.54 Å². The molecule has 1 aromatic heterocycles. The van der Waals surface area contributed by atoms with Gasteiger partial charge in [0.15, 0.2) is 0 Å². The molecule has 3 rings (SSSR count). The summed E-state index contributed by atoms with van der Waals surface area (Å²) in [5.41, 5.74) is 0.136. The Bertz CT molecular complexity index is 648. The van der Waals surface area contributed by atoms with E-state index in [-0.39, 0.29) is 24.3 Å². The van der Waals surface area contributed by atoms with Crippen LogP contribution in [0.1, 0.15) is 36.0 Å². The number of carbonyl (C=O) groups excluding carboxylic acids is 3. The van der Waals surface area contributed by atoms with Crippen molar-refractivity contribution in [2.24, 2.45) is 0 Å². The van der Waals surface area contributed by atoms with E-state index in [0.717, 1.165) is 12.8 Å². The van der Waals surface area contributed by atoms with Gasteiger partial charge in [0, 0.05) is 39.0 Å². The zero-order valence-electron chi connectivity index (χ0n) is 13.8. The van der Waals surface area contributed by atoms with Crippen LogP contribution in [-0.4, -0.2) is 64.7 Å². The van der Waals surface area contributed by atoms with Crippen LogP contribution in [0, 0.1) is 0 Å². The number of piperidine rings is 1. The molecule has 1 aromatic rings. The molecule has 1 unspecified atom stereocenters. The van der Waals surface area contributed by atoms with Crippen molar-refractivity contribution in [3.8, 4) is 0 Å². The summed E-state index contributed by atoms with van der Waals surface area (Å²) in [5, 5.41) is 2.57. The Morgan fingerprint density at radius 2 is 2.21 bits per heavy atom. The maximum absolute atomic E-state index is 12.7. The quantitative estimate of drug-likeness (QED) is 0.871. The van der Waals surface area contributed by atoms with Crippen molar-refractivity contribution in [3.63, 3.8) is 0 Å². The second kappa shape index (κ2) is 6.59. The molecular formula is C17H22N4O3. The number of hydrogen-bond acceptors (Lipinski definition) is 4. The molecule has 2 fully saturated rings. The molecule has 24 heavy (non-hydrogen) atoms. The predicted octanol–water partition coefficient (Wildman–Crippen LogP) is 0.425. The molecule has 0 aliphatic carbocycles. The minimum Gasteiger partial charge on any atom is -0.358 e. The lowest BCUT2D eigenvalue weighted by Crippen LogP contribution is -2.59. The van der Waals surface area contributed by atoms with Gasteiger partial charge in [0.2, 0.25) is 11.8 Å². The minimum absolute atomic E-state index is 0.00530. The maximum Gasteiger partial charge on any atom is 0.255 e. The Kier molecular flexibility index (Phi) is 4.51. The highest BCUT2D eigenvalue weighted by Gasteiger charge is 2.48. The maximum atomic E-state index is 12.7. The summed E-state index contributed by atoms with van der Waals surface area (Å²) in [6, 6.07) is 3.49. The normalized spacial score (nSPS) is 23.6. The van der Waals surface area contributed by atoms with Crippen LogP contribution < -0.4 is 5.32 Å². The smallest absolute Gasteiger partial charge is 0.255 e. The molecule has 2 aliphatic rings.